The first-order valence-corrected chi connectivity index (χ1v) is 8.39. The monoisotopic (exact) mass is 357 g/mol. The lowest BCUT2D eigenvalue weighted by Gasteiger charge is -2.30. The van der Waals surface area contributed by atoms with Gasteiger partial charge in [-0.1, -0.05) is 25.7 Å². The van der Waals surface area contributed by atoms with Crippen molar-refractivity contribution in [3.05, 3.63) is 16.4 Å². The van der Waals surface area contributed by atoms with E-state index in [0.29, 0.717) is 25.4 Å². The van der Waals surface area contributed by atoms with Gasteiger partial charge in [0.1, 0.15) is 5.69 Å². The van der Waals surface area contributed by atoms with Crippen LogP contribution in [0.5, 0.6) is 0 Å². The third-order valence-electron chi connectivity index (χ3n) is 4.45. The highest BCUT2D eigenvalue weighted by atomic mass is 79.9. The van der Waals surface area contributed by atoms with Crippen molar-refractivity contribution in [3.63, 3.8) is 0 Å². The molecule has 0 atom stereocenters. The molecule has 2 N–H and O–H groups in total. The molecule has 0 aromatic carbocycles. The smallest absolute Gasteiger partial charge is 0.189 e. The summed E-state index contributed by atoms with van der Waals surface area (Å²) < 4.78 is 7.58. The Bertz CT molecular complexity index is 479. The molecule has 21 heavy (non-hydrogen) atoms. The van der Waals surface area contributed by atoms with Gasteiger partial charge in [0.15, 0.2) is 5.78 Å². The maximum absolute atomic E-state index is 13.2. The van der Waals surface area contributed by atoms with E-state index in [0.717, 1.165) is 30.2 Å². The van der Waals surface area contributed by atoms with Crippen molar-refractivity contribution in [1.82, 2.24) is 9.78 Å². The van der Waals surface area contributed by atoms with Crippen molar-refractivity contribution in [1.29, 1.82) is 0 Å². The van der Waals surface area contributed by atoms with Crippen molar-refractivity contribution in [2.75, 3.05) is 20.3 Å². The molecule has 0 radical (unpaired) electrons. The topological polar surface area (TPSA) is 70.1 Å². The van der Waals surface area contributed by atoms with Crippen LogP contribution < -0.4 is 5.73 Å². The van der Waals surface area contributed by atoms with Crippen molar-refractivity contribution >= 4 is 21.7 Å². The molecule has 0 spiro atoms. The van der Waals surface area contributed by atoms with Crippen LogP contribution in [0.1, 0.15) is 49.0 Å². The lowest BCUT2D eigenvalue weighted by molar-refractivity contribution is 0.0758. The Hall–Kier alpha value is -0.720. The zero-order valence-electron chi connectivity index (χ0n) is 12.6. The fourth-order valence-corrected chi connectivity index (χ4v) is 3.59. The lowest BCUT2D eigenvalue weighted by Crippen LogP contribution is -2.39. The number of nitrogens with two attached hydrogens (primary N) is 1. The highest BCUT2D eigenvalue weighted by Crippen LogP contribution is 2.38. The predicted molar refractivity (Wildman–Crippen MR) is 85.3 cm³/mol. The maximum Gasteiger partial charge on any atom is 0.189 e. The number of ketones is 1. The molecule has 0 saturated heterocycles. The third kappa shape index (κ3) is 3.55. The minimum absolute atomic E-state index is 0.132. The number of ether oxygens (including phenoxy) is 1. The van der Waals surface area contributed by atoms with E-state index < -0.39 is 5.41 Å². The normalized spacial score (nSPS) is 18.4. The minimum atomic E-state index is -0.427. The van der Waals surface area contributed by atoms with Gasteiger partial charge in [-0.3, -0.25) is 9.48 Å². The summed E-state index contributed by atoms with van der Waals surface area (Å²) >= 11 is 3.46. The highest BCUT2D eigenvalue weighted by Gasteiger charge is 2.40. The lowest BCUT2D eigenvalue weighted by atomic mass is 9.75. The second kappa shape index (κ2) is 7.51. The van der Waals surface area contributed by atoms with E-state index in [1.807, 2.05) is 0 Å². The SMILES string of the molecule is COCCn1ncc(Br)c1C(=O)C1(CN)CCCCCC1. The van der Waals surface area contributed by atoms with Gasteiger partial charge in [0, 0.05) is 19.1 Å². The number of carbonyl (C=O) groups excluding carboxylic acids is 1. The molecule has 1 aliphatic carbocycles. The molecule has 0 amide bonds. The summed E-state index contributed by atoms with van der Waals surface area (Å²) in [6.45, 7) is 1.52. The van der Waals surface area contributed by atoms with Crippen LogP contribution in [0, 0.1) is 5.41 Å². The number of halogens is 1. The number of hydrogen-bond acceptors (Lipinski definition) is 4. The molecule has 0 unspecified atom stereocenters. The zero-order valence-corrected chi connectivity index (χ0v) is 14.2. The second-order valence-electron chi connectivity index (χ2n) is 5.78. The van der Waals surface area contributed by atoms with E-state index in [1.165, 1.54) is 12.8 Å². The van der Waals surface area contributed by atoms with Crippen LogP contribution in [0.3, 0.4) is 0 Å². The average Bonchev–Trinajstić information content (AvgIpc) is 2.72. The van der Waals surface area contributed by atoms with Crippen LogP contribution in [-0.4, -0.2) is 35.8 Å². The fourth-order valence-electron chi connectivity index (χ4n) is 3.12. The van der Waals surface area contributed by atoms with Gasteiger partial charge in [-0.2, -0.15) is 5.10 Å². The standard InChI is InChI=1S/C15H24BrN3O2/c1-21-9-8-19-13(12(16)10-18-19)14(20)15(11-17)6-4-2-3-5-7-15/h10H,2-9,11,17H2,1H3. The van der Waals surface area contributed by atoms with E-state index >= 15 is 0 Å². The molecule has 5 nitrogen and oxygen atoms in total. The first-order chi connectivity index (χ1) is 10.1. The Balaban J connectivity index is 2.30. The molecular formula is C15H24BrN3O2. The number of methoxy groups -OCH3 is 1. The Labute approximate surface area is 134 Å². The van der Waals surface area contributed by atoms with Gasteiger partial charge in [0.05, 0.1) is 23.8 Å². The first-order valence-electron chi connectivity index (χ1n) is 7.60. The Morgan fingerprint density at radius 1 is 1.43 bits per heavy atom. The van der Waals surface area contributed by atoms with Crippen LogP contribution in [-0.2, 0) is 11.3 Å². The number of rotatable bonds is 6. The molecular weight excluding hydrogens is 334 g/mol. The Morgan fingerprint density at radius 2 is 2.10 bits per heavy atom. The molecule has 118 valence electrons. The number of carbonyl (C=O) groups is 1. The van der Waals surface area contributed by atoms with Gasteiger partial charge in [-0.25, -0.2) is 0 Å². The number of aromatic nitrogens is 2. The van der Waals surface area contributed by atoms with E-state index in [-0.39, 0.29) is 5.78 Å². The summed E-state index contributed by atoms with van der Waals surface area (Å²) in [5.74, 6) is 0.132. The van der Waals surface area contributed by atoms with Crippen LogP contribution in [0.25, 0.3) is 0 Å². The summed E-state index contributed by atoms with van der Waals surface area (Å²) in [6.07, 6.45) is 7.98. The van der Waals surface area contributed by atoms with Gasteiger partial charge in [0.25, 0.3) is 0 Å². The number of Topliss-reactive ketones (excluding diaryl/α,β-unsaturated/α-hetero) is 1. The summed E-state index contributed by atoms with van der Waals surface area (Å²) in [6, 6.07) is 0. The number of hydrogen-bond donors (Lipinski definition) is 1. The molecule has 0 bridgehead atoms. The predicted octanol–water partition coefficient (Wildman–Crippen LogP) is 2.77. The highest BCUT2D eigenvalue weighted by molar-refractivity contribution is 9.10. The van der Waals surface area contributed by atoms with E-state index in [9.17, 15) is 4.79 Å². The molecule has 0 aliphatic heterocycles. The Morgan fingerprint density at radius 3 is 2.67 bits per heavy atom. The van der Waals surface area contributed by atoms with Crippen molar-refractivity contribution in [3.8, 4) is 0 Å². The largest absolute Gasteiger partial charge is 0.383 e. The molecule has 1 heterocycles. The molecule has 2 rings (SSSR count). The van der Waals surface area contributed by atoms with Gasteiger partial charge in [0.2, 0.25) is 0 Å². The van der Waals surface area contributed by atoms with Crippen LogP contribution in [0.4, 0.5) is 0 Å². The maximum atomic E-state index is 13.2. The first kappa shape index (κ1) is 16.6. The molecule has 1 aromatic rings. The summed E-state index contributed by atoms with van der Waals surface area (Å²) in [5, 5.41) is 4.29. The molecule has 1 fully saturated rings. The average molecular weight is 358 g/mol. The van der Waals surface area contributed by atoms with Gasteiger partial charge in [-0.05, 0) is 28.8 Å². The van der Waals surface area contributed by atoms with Gasteiger partial charge < -0.3 is 10.5 Å². The Kier molecular flexibility index (Phi) is 5.96. The van der Waals surface area contributed by atoms with Crippen LogP contribution in [0.2, 0.25) is 0 Å². The summed E-state index contributed by atoms with van der Waals surface area (Å²) in [5.41, 5.74) is 6.24. The third-order valence-corrected chi connectivity index (χ3v) is 5.03. The minimum Gasteiger partial charge on any atom is -0.383 e. The van der Waals surface area contributed by atoms with Gasteiger partial charge in [-0.15, -0.1) is 0 Å². The molecule has 6 heteroatoms. The summed E-state index contributed by atoms with van der Waals surface area (Å²) in [4.78, 5) is 13.2. The van der Waals surface area contributed by atoms with Crippen LogP contribution >= 0.6 is 15.9 Å². The molecule has 1 saturated carbocycles. The zero-order chi connectivity index (χ0) is 15.3. The van der Waals surface area contributed by atoms with E-state index in [4.69, 9.17) is 10.5 Å². The molecule has 1 aromatic heterocycles. The van der Waals surface area contributed by atoms with E-state index in [2.05, 4.69) is 21.0 Å². The fraction of sp³-hybridized carbons (Fsp3) is 0.733. The van der Waals surface area contributed by atoms with Crippen molar-refractivity contribution in [2.24, 2.45) is 11.1 Å². The van der Waals surface area contributed by atoms with Crippen molar-refractivity contribution < 1.29 is 9.53 Å². The quantitative estimate of drug-likeness (QED) is 0.627. The van der Waals surface area contributed by atoms with Crippen molar-refractivity contribution in [2.45, 2.75) is 45.1 Å². The summed E-state index contributed by atoms with van der Waals surface area (Å²) in [7, 11) is 1.65. The van der Waals surface area contributed by atoms with Crippen LogP contribution in [0.15, 0.2) is 10.7 Å². The van der Waals surface area contributed by atoms with Gasteiger partial charge >= 0.3 is 0 Å². The second-order valence-corrected chi connectivity index (χ2v) is 6.64. The molecule has 1 aliphatic rings. The van der Waals surface area contributed by atoms with E-state index in [1.54, 1.807) is 18.0 Å². The number of nitrogens with zero attached hydrogens (tertiary/aromatic N) is 2.